The van der Waals surface area contributed by atoms with E-state index in [1.807, 2.05) is 0 Å². The van der Waals surface area contributed by atoms with Gasteiger partial charge in [0.05, 0.1) is 6.20 Å². The molecule has 0 fully saturated rings. The van der Waals surface area contributed by atoms with Gasteiger partial charge < -0.3 is 4.74 Å². The molecule has 0 bridgehead atoms. The molecule has 0 radical (unpaired) electrons. The highest BCUT2D eigenvalue weighted by Gasteiger charge is 2.06. The number of hydrogen-bond acceptors (Lipinski definition) is 4. The van der Waals surface area contributed by atoms with Crippen molar-refractivity contribution in [3.05, 3.63) is 22.4 Å². The Morgan fingerprint density at radius 3 is 2.83 bits per heavy atom. The van der Waals surface area contributed by atoms with Gasteiger partial charge in [-0.05, 0) is 12.8 Å². The largest absolute Gasteiger partial charge is 0.385 e. The number of hydrogen-bond donors (Lipinski definition) is 0. The van der Waals surface area contributed by atoms with Crippen LogP contribution < -0.4 is 5.56 Å². The van der Waals surface area contributed by atoms with Crippen LogP contribution in [0.4, 0.5) is 4.39 Å². The fourth-order valence-corrected chi connectivity index (χ4v) is 2.44. The Morgan fingerprint density at radius 2 is 2.11 bits per heavy atom. The summed E-state index contributed by atoms with van der Waals surface area (Å²) in [5, 5.41) is 0.568. The molecule has 0 aromatic carbocycles. The van der Waals surface area contributed by atoms with Gasteiger partial charge in [0.25, 0.3) is 5.56 Å². The second-order valence-corrected chi connectivity index (χ2v) is 5.07. The maximum atomic E-state index is 12.9. The van der Waals surface area contributed by atoms with Crippen LogP contribution in [0.3, 0.4) is 0 Å². The van der Waals surface area contributed by atoms with Crippen LogP contribution in [0, 0.1) is 5.82 Å². The SMILES string of the molecule is COCCCCCCSc1ncc(F)c(=O)n1C. The molecule has 0 aliphatic carbocycles. The zero-order chi connectivity index (χ0) is 13.4. The first-order valence-corrected chi connectivity index (χ1v) is 6.98. The van der Waals surface area contributed by atoms with Crippen LogP contribution in [-0.4, -0.2) is 29.0 Å². The molecule has 1 aromatic rings. The van der Waals surface area contributed by atoms with Crippen LogP contribution in [0.15, 0.2) is 16.1 Å². The van der Waals surface area contributed by atoms with E-state index in [9.17, 15) is 9.18 Å². The van der Waals surface area contributed by atoms with E-state index in [4.69, 9.17) is 4.74 Å². The molecule has 0 aliphatic heterocycles. The highest BCUT2D eigenvalue weighted by molar-refractivity contribution is 7.99. The van der Waals surface area contributed by atoms with E-state index in [0.717, 1.165) is 44.2 Å². The molecule has 0 saturated heterocycles. The molecular weight excluding hydrogens is 255 g/mol. The molecule has 1 rings (SSSR count). The van der Waals surface area contributed by atoms with Crippen molar-refractivity contribution in [3.63, 3.8) is 0 Å². The van der Waals surface area contributed by atoms with Crippen molar-refractivity contribution in [2.45, 2.75) is 30.8 Å². The summed E-state index contributed by atoms with van der Waals surface area (Å²) in [7, 11) is 3.25. The zero-order valence-corrected chi connectivity index (χ0v) is 11.6. The molecule has 0 unspecified atom stereocenters. The van der Waals surface area contributed by atoms with Crippen molar-refractivity contribution in [1.82, 2.24) is 9.55 Å². The molecule has 18 heavy (non-hydrogen) atoms. The summed E-state index contributed by atoms with van der Waals surface area (Å²) in [5.74, 6) is 0.0835. The van der Waals surface area contributed by atoms with E-state index >= 15 is 0 Å². The quantitative estimate of drug-likeness (QED) is 0.414. The number of methoxy groups -OCH3 is 1. The van der Waals surface area contributed by atoms with Crippen LogP contribution >= 0.6 is 11.8 Å². The summed E-state index contributed by atoms with van der Waals surface area (Å²) in [4.78, 5) is 15.2. The van der Waals surface area contributed by atoms with Gasteiger partial charge >= 0.3 is 0 Å². The van der Waals surface area contributed by atoms with Crippen molar-refractivity contribution < 1.29 is 9.13 Å². The summed E-state index contributed by atoms with van der Waals surface area (Å²) >= 11 is 1.49. The van der Waals surface area contributed by atoms with Crippen molar-refractivity contribution >= 4 is 11.8 Å². The normalized spacial score (nSPS) is 10.8. The number of nitrogens with zero attached hydrogens (tertiary/aromatic N) is 2. The molecule has 102 valence electrons. The second-order valence-electron chi connectivity index (χ2n) is 4.01. The molecule has 4 nitrogen and oxygen atoms in total. The lowest BCUT2D eigenvalue weighted by Gasteiger charge is -2.06. The fraction of sp³-hybridized carbons (Fsp3) is 0.667. The predicted molar refractivity (Wildman–Crippen MR) is 70.5 cm³/mol. The molecule has 0 aliphatic rings. The third-order valence-corrected chi connectivity index (χ3v) is 3.69. The van der Waals surface area contributed by atoms with Gasteiger partial charge in [-0.3, -0.25) is 9.36 Å². The topological polar surface area (TPSA) is 44.1 Å². The van der Waals surface area contributed by atoms with Crippen LogP contribution in [0.2, 0.25) is 0 Å². The first kappa shape index (κ1) is 15.2. The van der Waals surface area contributed by atoms with E-state index in [1.54, 1.807) is 14.2 Å². The zero-order valence-electron chi connectivity index (χ0n) is 10.8. The number of unbranched alkanes of at least 4 members (excludes halogenated alkanes) is 3. The Balaban J connectivity index is 2.28. The minimum absolute atomic E-state index is 0.568. The van der Waals surface area contributed by atoms with E-state index in [-0.39, 0.29) is 0 Å². The standard InChI is InChI=1S/C12H19FN2O2S/c1-15-11(16)10(13)9-14-12(15)18-8-6-4-3-5-7-17-2/h9H,3-8H2,1-2H3. The van der Waals surface area contributed by atoms with Gasteiger partial charge in [0.15, 0.2) is 5.16 Å². The van der Waals surface area contributed by atoms with Crippen LogP contribution in [-0.2, 0) is 11.8 Å². The van der Waals surface area contributed by atoms with Crippen LogP contribution in [0.5, 0.6) is 0 Å². The van der Waals surface area contributed by atoms with Gasteiger partial charge in [-0.25, -0.2) is 4.98 Å². The third-order valence-electron chi connectivity index (χ3n) is 2.56. The Hall–Kier alpha value is -0.880. The highest BCUT2D eigenvalue weighted by Crippen LogP contribution is 2.15. The number of halogens is 1. The number of rotatable bonds is 8. The third kappa shape index (κ3) is 4.78. The van der Waals surface area contributed by atoms with E-state index in [1.165, 1.54) is 16.3 Å². The summed E-state index contributed by atoms with van der Waals surface area (Å²) in [6, 6.07) is 0. The summed E-state index contributed by atoms with van der Waals surface area (Å²) in [6.45, 7) is 0.807. The summed E-state index contributed by atoms with van der Waals surface area (Å²) in [6.07, 6.45) is 5.40. The lowest BCUT2D eigenvalue weighted by atomic mass is 10.2. The van der Waals surface area contributed by atoms with Crippen molar-refractivity contribution in [2.75, 3.05) is 19.5 Å². The maximum absolute atomic E-state index is 12.9. The average molecular weight is 274 g/mol. The second kappa shape index (κ2) is 8.26. The number of aromatic nitrogens is 2. The van der Waals surface area contributed by atoms with E-state index in [2.05, 4.69) is 4.98 Å². The molecule has 0 saturated carbocycles. The minimum Gasteiger partial charge on any atom is -0.385 e. The molecule has 1 heterocycles. The predicted octanol–water partition coefficient (Wildman–Crippen LogP) is 2.22. The first-order chi connectivity index (χ1) is 8.66. The Bertz CT molecular complexity index is 423. The Kier molecular flexibility index (Phi) is 6.97. The van der Waals surface area contributed by atoms with Gasteiger partial charge in [0, 0.05) is 26.5 Å². The van der Waals surface area contributed by atoms with Crippen LogP contribution in [0.1, 0.15) is 25.7 Å². The molecule has 1 aromatic heterocycles. The maximum Gasteiger partial charge on any atom is 0.289 e. The lowest BCUT2D eigenvalue weighted by molar-refractivity contribution is 0.192. The molecule has 0 spiro atoms. The molecule has 0 N–H and O–H groups in total. The average Bonchev–Trinajstić information content (AvgIpc) is 2.37. The number of ether oxygens (including phenoxy) is 1. The van der Waals surface area contributed by atoms with Crippen molar-refractivity contribution in [3.8, 4) is 0 Å². The van der Waals surface area contributed by atoms with E-state index < -0.39 is 11.4 Å². The first-order valence-electron chi connectivity index (χ1n) is 6.00. The fourth-order valence-electron chi connectivity index (χ4n) is 1.50. The lowest BCUT2D eigenvalue weighted by Crippen LogP contribution is -2.22. The van der Waals surface area contributed by atoms with Gasteiger partial charge in [-0.15, -0.1) is 0 Å². The molecule has 6 heteroatoms. The molecule has 0 amide bonds. The van der Waals surface area contributed by atoms with Gasteiger partial charge in [-0.1, -0.05) is 24.6 Å². The van der Waals surface area contributed by atoms with E-state index in [0.29, 0.717) is 5.16 Å². The summed E-state index contributed by atoms with van der Waals surface area (Å²) in [5.41, 5.74) is -0.618. The smallest absolute Gasteiger partial charge is 0.289 e. The monoisotopic (exact) mass is 274 g/mol. The van der Waals surface area contributed by atoms with Crippen molar-refractivity contribution in [1.29, 1.82) is 0 Å². The van der Waals surface area contributed by atoms with Gasteiger partial charge in [0.2, 0.25) is 5.82 Å². The highest BCUT2D eigenvalue weighted by atomic mass is 32.2. The molecular formula is C12H19FN2O2S. The Labute approximate surface area is 111 Å². The van der Waals surface area contributed by atoms with Gasteiger partial charge in [-0.2, -0.15) is 4.39 Å². The summed E-state index contributed by atoms with van der Waals surface area (Å²) < 4.78 is 19.1. The minimum atomic E-state index is -0.804. The Morgan fingerprint density at radius 1 is 1.39 bits per heavy atom. The van der Waals surface area contributed by atoms with Crippen LogP contribution in [0.25, 0.3) is 0 Å². The van der Waals surface area contributed by atoms with Crippen molar-refractivity contribution in [2.24, 2.45) is 7.05 Å². The molecule has 0 atom stereocenters. The van der Waals surface area contributed by atoms with Gasteiger partial charge in [0.1, 0.15) is 0 Å². The number of thioether (sulfide) groups is 1.